The Bertz CT molecular complexity index is 1090. The fourth-order valence-electron chi connectivity index (χ4n) is 5.56. The predicted octanol–water partition coefficient (Wildman–Crippen LogP) is 6.48. The minimum absolute atomic E-state index is 0.104. The van der Waals surface area contributed by atoms with Crippen LogP contribution in [-0.4, -0.2) is 55.9 Å². The molecule has 0 spiro atoms. The van der Waals surface area contributed by atoms with Gasteiger partial charge < -0.3 is 4.74 Å². The third-order valence-electron chi connectivity index (χ3n) is 7.59. The van der Waals surface area contributed by atoms with E-state index in [1.807, 2.05) is 20.8 Å². The molecule has 1 fully saturated rings. The first kappa shape index (κ1) is 24.8. The Morgan fingerprint density at radius 1 is 1.12 bits per heavy atom. The molecule has 2 aliphatic heterocycles. The summed E-state index contributed by atoms with van der Waals surface area (Å²) in [4.78, 5) is 17.3. The van der Waals surface area contributed by atoms with Crippen LogP contribution in [0.4, 0.5) is 4.79 Å². The van der Waals surface area contributed by atoms with Crippen LogP contribution in [0.2, 0.25) is 0 Å². The van der Waals surface area contributed by atoms with Gasteiger partial charge in [0.05, 0.1) is 17.3 Å². The number of hydrogen-bond donors (Lipinski definition) is 0. The van der Waals surface area contributed by atoms with Crippen LogP contribution in [0, 0.1) is 5.92 Å². The smallest absolute Gasteiger partial charge is 0.414 e. The second kappa shape index (κ2) is 8.40. The molecular weight excluding hydrogens is 424 g/mol. The number of rotatable bonds is 2. The fraction of sp³-hybridized carbons (Fsp3) is 0.643. The van der Waals surface area contributed by atoms with Crippen LogP contribution in [0.5, 0.6) is 0 Å². The molecule has 0 saturated carbocycles. The van der Waals surface area contributed by atoms with E-state index in [0.29, 0.717) is 18.5 Å². The third kappa shape index (κ3) is 4.88. The van der Waals surface area contributed by atoms with Gasteiger partial charge in [-0.25, -0.2) is 4.79 Å². The van der Waals surface area contributed by atoms with Gasteiger partial charge in [-0.15, -0.1) is 0 Å². The maximum Gasteiger partial charge on any atom is 0.414 e. The fourth-order valence-corrected chi connectivity index (χ4v) is 5.56. The van der Waals surface area contributed by atoms with Crippen molar-refractivity contribution in [3.05, 3.63) is 36.0 Å². The zero-order chi connectivity index (χ0) is 25.1. The van der Waals surface area contributed by atoms with Crippen molar-refractivity contribution in [2.75, 3.05) is 13.6 Å². The summed E-state index contributed by atoms with van der Waals surface area (Å²) in [6, 6.07) is 6.71. The molecule has 186 valence electrons. The number of fused-ring (bicyclic) bond motifs is 1. The average Bonchev–Trinajstić information content (AvgIpc) is 3.13. The number of aromatic nitrogens is 2. The lowest BCUT2D eigenvalue weighted by Gasteiger charge is -2.53. The van der Waals surface area contributed by atoms with Crippen molar-refractivity contribution in [1.82, 2.24) is 19.6 Å². The molecule has 1 aromatic carbocycles. The summed E-state index contributed by atoms with van der Waals surface area (Å²) in [5, 5.41) is 6.16. The molecule has 2 aliphatic rings. The Kier molecular flexibility index (Phi) is 6.12. The van der Waals surface area contributed by atoms with Crippen LogP contribution in [0.1, 0.15) is 86.3 Å². The number of piperidine rings is 1. The van der Waals surface area contributed by atoms with Gasteiger partial charge in [0.1, 0.15) is 5.60 Å². The predicted molar refractivity (Wildman–Crippen MR) is 139 cm³/mol. The van der Waals surface area contributed by atoms with Crippen molar-refractivity contribution >= 4 is 22.7 Å². The van der Waals surface area contributed by atoms with Gasteiger partial charge in [-0.05, 0) is 86.8 Å². The minimum Gasteiger partial charge on any atom is -0.443 e. The maximum absolute atomic E-state index is 13.0. The van der Waals surface area contributed by atoms with E-state index in [-0.39, 0.29) is 17.2 Å². The Hall–Kier alpha value is -2.34. The number of benzene rings is 1. The van der Waals surface area contributed by atoms with Crippen LogP contribution in [-0.2, 0) is 4.74 Å². The van der Waals surface area contributed by atoms with E-state index in [1.54, 1.807) is 4.90 Å². The number of likely N-dealkylation sites (tertiary alicyclic amines) is 1. The number of nitrogens with zero attached hydrogens (tertiary/aromatic N) is 4. The SMILES string of the molecule is CC1CC=C(c2ccc3cn(C4CC(C)(C)N(C)C(C)(C)C4)nc3c2)N(C(=O)OC(C)(C)C)C1. The highest BCUT2D eigenvalue weighted by Gasteiger charge is 2.43. The average molecular weight is 467 g/mol. The normalized spacial score (nSPS) is 23.7. The van der Waals surface area contributed by atoms with Gasteiger partial charge in [-0.2, -0.15) is 5.10 Å². The van der Waals surface area contributed by atoms with E-state index in [9.17, 15) is 4.79 Å². The molecule has 0 radical (unpaired) electrons. The van der Waals surface area contributed by atoms with Gasteiger partial charge >= 0.3 is 6.09 Å². The lowest BCUT2D eigenvalue weighted by Crippen LogP contribution is -2.58. The van der Waals surface area contributed by atoms with Crippen molar-refractivity contribution < 1.29 is 9.53 Å². The second-order valence-electron chi connectivity index (χ2n) is 12.6. The largest absolute Gasteiger partial charge is 0.443 e. The summed E-state index contributed by atoms with van der Waals surface area (Å²) in [5.41, 5.74) is 2.59. The number of carbonyl (C=O) groups is 1. The van der Waals surface area contributed by atoms with Gasteiger partial charge in [0.15, 0.2) is 0 Å². The Morgan fingerprint density at radius 3 is 2.38 bits per heavy atom. The standard InChI is InChI=1S/C28H42N4O2/c1-19-10-13-24(31(17-19)25(33)34-26(2,3)4)20-11-12-21-18-32(29-23(21)14-20)22-15-27(5,6)30(9)28(7,8)16-22/h11-14,18-19,22H,10,15-17H2,1-9H3. The highest BCUT2D eigenvalue weighted by Crippen LogP contribution is 2.42. The van der Waals surface area contributed by atoms with E-state index in [0.717, 1.165) is 41.4 Å². The minimum atomic E-state index is -0.527. The van der Waals surface area contributed by atoms with Crippen molar-refractivity contribution in [3.63, 3.8) is 0 Å². The molecule has 6 heteroatoms. The third-order valence-corrected chi connectivity index (χ3v) is 7.59. The second-order valence-corrected chi connectivity index (χ2v) is 12.6. The lowest BCUT2D eigenvalue weighted by atomic mass is 9.77. The molecular formula is C28H42N4O2. The summed E-state index contributed by atoms with van der Waals surface area (Å²) in [5.74, 6) is 0.398. The van der Waals surface area contributed by atoms with Gasteiger partial charge in [0.2, 0.25) is 0 Å². The quantitative estimate of drug-likeness (QED) is 0.508. The molecule has 0 bridgehead atoms. The van der Waals surface area contributed by atoms with Crippen molar-refractivity contribution in [2.24, 2.45) is 5.92 Å². The topological polar surface area (TPSA) is 50.6 Å². The van der Waals surface area contributed by atoms with Crippen molar-refractivity contribution in [2.45, 2.75) is 97.4 Å². The summed E-state index contributed by atoms with van der Waals surface area (Å²) in [6.45, 7) is 17.8. The van der Waals surface area contributed by atoms with Crippen LogP contribution in [0.15, 0.2) is 30.5 Å². The molecule has 3 heterocycles. The maximum atomic E-state index is 13.0. The Labute approximate surface area is 204 Å². The number of hydrogen-bond acceptors (Lipinski definition) is 4. The highest BCUT2D eigenvalue weighted by atomic mass is 16.6. The number of ether oxygens (including phenoxy) is 1. The number of carbonyl (C=O) groups excluding carboxylic acids is 1. The summed E-state index contributed by atoms with van der Waals surface area (Å²) in [6.07, 6.45) is 7.13. The zero-order valence-corrected chi connectivity index (χ0v) is 22.5. The number of allylic oxidation sites excluding steroid dienone is 1. The zero-order valence-electron chi connectivity index (χ0n) is 22.5. The van der Waals surface area contributed by atoms with Gasteiger partial charge in [-0.1, -0.05) is 25.1 Å². The molecule has 1 saturated heterocycles. The van der Waals surface area contributed by atoms with E-state index in [1.165, 1.54) is 0 Å². The monoisotopic (exact) mass is 466 g/mol. The van der Waals surface area contributed by atoms with Crippen LogP contribution >= 0.6 is 0 Å². The molecule has 1 aromatic heterocycles. The number of amides is 1. The van der Waals surface area contributed by atoms with Gasteiger partial charge in [0, 0.05) is 34.8 Å². The molecule has 4 rings (SSSR count). The molecule has 1 unspecified atom stereocenters. The van der Waals surface area contributed by atoms with E-state index < -0.39 is 5.60 Å². The first-order chi connectivity index (χ1) is 15.7. The summed E-state index contributed by atoms with van der Waals surface area (Å²) < 4.78 is 7.89. The first-order valence-corrected chi connectivity index (χ1v) is 12.6. The van der Waals surface area contributed by atoms with E-state index in [4.69, 9.17) is 9.84 Å². The van der Waals surface area contributed by atoms with Crippen LogP contribution in [0.3, 0.4) is 0 Å². The molecule has 1 amide bonds. The van der Waals surface area contributed by atoms with E-state index in [2.05, 4.69) is 81.7 Å². The molecule has 6 nitrogen and oxygen atoms in total. The van der Waals surface area contributed by atoms with Crippen LogP contribution < -0.4 is 0 Å². The molecule has 34 heavy (non-hydrogen) atoms. The van der Waals surface area contributed by atoms with Crippen molar-refractivity contribution in [3.8, 4) is 0 Å². The molecule has 0 N–H and O–H groups in total. The van der Waals surface area contributed by atoms with Crippen molar-refractivity contribution in [1.29, 1.82) is 0 Å². The molecule has 2 aromatic rings. The van der Waals surface area contributed by atoms with Gasteiger partial charge in [0.25, 0.3) is 0 Å². The molecule has 1 atom stereocenters. The van der Waals surface area contributed by atoms with Gasteiger partial charge in [-0.3, -0.25) is 14.5 Å². The summed E-state index contributed by atoms with van der Waals surface area (Å²) in [7, 11) is 2.23. The first-order valence-electron chi connectivity index (χ1n) is 12.6. The van der Waals surface area contributed by atoms with Crippen LogP contribution in [0.25, 0.3) is 16.6 Å². The Balaban J connectivity index is 1.65. The lowest BCUT2D eigenvalue weighted by molar-refractivity contribution is -0.0284. The van der Waals surface area contributed by atoms with E-state index >= 15 is 0 Å². The highest BCUT2D eigenvalue weighted by molar-refractivity contribution is 5.87. The Morgan fingerprint density at radius 2 is 1.76 bits per heavy atom. The summed E-state index contributed by atoms with van der Waals surface area (Å²) >= 11 is 0. The molecule has 0 aliphatic carbocycles.